The molecular formula is C30H33N3O5. The van der Waals surface area contributed by atoms with Gasteiger partial charge in [-0.2, -0.15) is 0 Å². The van der Waals surface area contributed by atoms with Gasteiger partial charge in [-0.05, 0) is 54.3 Å². The summed E-state index contributed by atoms with van der Waals surface area (Å²) in [5, 5.41) is 5.81. The lowest BCUT2D eigenvalue weighted by atomic mass is 10.00. The monoisotopic (exact) mass is 515 g/mol. The van der Waals surface area contributed by atoms with Crippen LogP contribution in [0.5, 0.6) is 5.75 Å². The number of benzene rings is 3. The maximum absolute atomic E-state index is 13.3. The average Bonchev–Trinajstić information content (AvgIpc) is 3.24. The van der Waals surface area contributed by atoms with Crippen LogP contribution in [-0.2, 0) is 16.1 Å². The van der Waals surface area contributed by atoms with Crippen LogP contribution in [0.4, 0.5) is 10.5 Å². The third kappa shape index (κ3) is 6.32. The quantitative estimate of drug-likeness (QED) is 0.414. The first-order valence-electron chi connectivity index (χ1n) is 12.6. The van der Waals surface area contributed by atoms with Crippen molar-refractivity contribution in [2.24, 2.45) is 5.92 Å². The van der Waals surface area contributed by atoms with E-state index in [4.69, 9.17) is 9.47 Å². The highest BCUT2D eigenvalue weighted by molar-refractivity contribution is 6.04. The molecule has 4 rings (SSSR count). The van der Waals surface area contributed by atoms with Crippen molar-refractivity contribution in [2.45, 2.75) is 39.5 Å². The van der Waals surface area contributed by atoms with Crippen molar-refractivity contribution in [1.82, 2.24) is 10.2 Å². The number of carbonyl (C=O) groups excluding carboxylic acids is 3. The fraction of sp³-hybridized carbons (Fsp3) is 0.300. The molecule has 1 aliphatic heterocycles. The zero-order valence-electron chi connectivity index (χ0n) is 22.1. The van der Waals surface area contributed by atoms with E-state index in [2.05, 4.69) is 10.6 Å². The Hall–Kier alpha value is -4.33. The van der Waals surface area contributed by atoms with E-state index in [0.717, 1.165) is 11.1 Å². The molecule has 0 aromatic heterocycles. The van der Waals surface area contributed by atoms with Crippen molar-refractivity contribution in [3.8, 4) is 5.75 Å². The number of rotatable bonds is 9. The molecule has 0 radical (unpaired) electrons. The van der Waals surface area contributed by atoms with E-state index in [-0.39, 0.29) is 24.3 Å². The van der Waals surface area contributed by atoms with Gasteiger partial charge in [-0.15, -0.1) is 0 Å². The van der Waals surface area contributed by atoms with Crippen LogP contribution in [0, 0.1) is 12.8 Å². The predicted molar refractivity (Wildman–Crippen MR) is 145 cm³/mol. The van der Waals surface area contributed by atoms with Gasteiger partial charge >= 0.3 is 6.09 Å². The van der Waals surface area contributed by atoms with Crippen molar-refractivity contribution >= 4 is 23.6 Å². The molecule has 0 bridgehead atoms. The Kier molecular flexibility index (Phi) is 8.31. The lowest BCUT2D eigenvalue weighted by molar-refractivity contribution is -0.126. The fourth-order valence-corrected chi connectivity index (χ4v) is 4.23. The van der Waals surface area contributed by atoms with Crippen LogP contribution < -0.4 is 15.4 Å². The summed E-state index contributed by atoms with van der Waals surface area (Å²) in [4.78, 5) is 40.4. The van der Waals surface area contributed by atoms with Gasteiger partial charge in [0, 0.05) is 17.8 Å². The van der Waals surface area contributed by atoms with Gasteiger partial charge in [0.15, 0.2) is 12.1 Å². The average molecular weight is 516 g/mol. The molecule has 2 atom stereocenters. The Bertz CT molecular complexity index is 1290. The van der Waals surface area contributed by atoms with Crippen molar-refractivity contribution in [3.63, 3.8) is 0 Å². The number of aryl methyl sites for hydroxylation is 1. The summed E-state index contributed by atoms with van der Waals surface area (Å²) >= 11 is 0. The maximum Gasteiger partial charge on any atom is 0.411 e. The van der Waals surface area contributed by atoms with Crippen molar-refractivity contribution < 1.29 is 23.9 Å². The van der Waals surface area contributed by atoms with Crippen molar-refractivity contribution in [2.75, 3.05) is 19.0 Å². The molecule has 198 valence electrons. The van der Waals surface area contributed by atoms with E-state index in [9.17, 15) is 14.4 Å². The highest BCUT2D eigenvalue weighted by Crippen LogP contribution is 2.34. The number of hydrogen-bond acceptors (Lipinski definition) is 5. The normalized spacial score (nSPS) is 16.8. The number of hydrogen-bond donors (Lipinski definition) is 2. The molecule has 0 unspecified atom stereocenters. The minimum atomic E-state index is -0.834. The van der Waals surface area contributed by atoms with Crippen molar-refractivity contribution in [3.05, 3.63) is 95.1 Å². The standard InChI is InChI=1S/C30H33N3O5/c1-19(2)17-31-29(35)26-27(38-30(36)33(26)18-21-10-8-20(3)9-11-21)22-12-14-24(15-13-22)32-28(34)23-6-5-7-25(16-23)37-4/h5-16,19,26-27H,17-18H2,1-4H3,(H,31,35)(H,32,34)/t26-,27-/m0/s1. The molecule has 8 nitrogen and oxygen atoms in total. The Morgan fingerprint density at radius 3 is 2.39 bits per heavy atom. The first kappa shape index (κ1) is 26.7. The summed E-state index contributed by atoms with van der Waals surface area (Å²) in [7, 11) is 1.55. The van der Waals surface area contributed by atoms with E-state index < -0.39 is 18.2 Å². The Balaban J connectivity index is 1.54. The van der Waals surface area contributed by atoms with Crippen LogP contribution in [0.3, 0.4) is 0 Å². The minimum absolute atomic E-state index is 0.254. The molecule has 1 heterocycles. The lowest BCUT2D eigenvalue weighted by Crippen LogP contribution is -2.47. The third-order valence-corrected chi connectivity index (χ3v) is 6.34. The predicted octanol–water partition coefficient (Wildman–Crippen LogP) is 5.09. The molecule has 3 amide bonds. The first-order valence-corrected chi connectivity index (χ1v) is 12.6. The van der Waals surface area contributed by atoms with Gasteiger partial charge in [0.05, 0.1) is 13.7 Å². The van der Waals surface area contributed by atoms with Gasteiger partial charge in [0.1, 0.15) is 5.75 Å². The molecule has 0 saturated carbocycles. The number of carbonyl (C=O) groups is 3. The summed E-state index contributed by atoms with van der Waals surface area (Å²) in [6, 6.07) is 20.9. The largest absolute Gasteiger partial charge is 0.497 e. The lowest BCUT2D eigenvalue weighted by Gasteiger charge is -2.24. The van der Waals surface area contributed by atoms with Crippen molar-refractivity contribution in [1.29, 1.82) is 0 Å². The molecule has 3 aromatic carbocycles. The summed E-state index contributed by atoms with van der Waals surface area (Å²) < 4.78 is 10.9. The second-order valence-corrected chi connectivity index (χ2v) is 9.81. The van der Waals surface area contributed by atoms with E-state index >= 15 is 0 Å². The second kappa shape index (κ2) is 11.8. The molecule has 8 heteroatoms. The van der Waals surface area contributed by atoms with E-state index in [1.807, 2.05) is 45.0 Å². The van der Waals surface area contributed by atoms with Crippen LogP contribution in [0.25, 0.3) is 0 Å². The SMILES string of the molecule is COc1cccc(C(=O)Nc2ccc([C@@H]3OC(=O)N(Cc4ccc(C)cc4)[C@@H]3C(=O)NCC(C)C)cc2)c1. The Labute approximate surface area is 222 Å². The number of methoxy groups -OCH3 is 1. The molecule has 1 saturated heterocycles. The Morgan fingerprint density at radius 2 is 1.74 bits per heavy atom. The highest BCUT2D eigenvalue weighted by atomic mass is 16.6. The summed E-state index contributed by atoms with van der Waals surface area (Å²) in [5.41, 5.74) is 3.72. The number of nitrogens with one attached hydrogen (secondary N) is 2. The van der Waals surface area contributed by atoms with Gasteiger partial charge in [0.2, 0.25) is 5.91 Å². The molecular weight excluding hydrogens is 482 g/mol. The number of amides is 3. The number of anilines is 1. The molecule has 1 aliphatic rings. The molecule has 2 N–H and O–H groups in total. The zero-order chi connectivity index (χ0) is 27.2. The number of nitrogens with zero attached hydrogens (tertiary/aromatic N) is 1. The first-order chi connectivity index (χ1) is 18.2. The number of cyclic esters (lactones) is 1. The van der Waals surface area contributed by atoms with Crippen LogP contribution in [-0.4, -0.2) is 42.5 Å². The molecule has 0 aliphatic carbocycles. The summed E-state index contributed by atoms with van der Waals surface area (Å²) in [6.45, 7) is 6.76. The minimum Gasteiger partial charge on any atom is -0.497 e. The molecule has 38 heavy (non-hydrogen) atoms. The second-order valence-electron chi connectivity index (χ2n) is 9.81. The van der Waals surface area contributed by atoms with E-state index in [1.165, 1.54) is 4.90 Å². The summed E-state index contributed by atoms with van der Waals surface area (Å²) in [6.07, 6.45) is -1.33. The molecule has 1 fully saturated rings. The van der Waals surface area contributed by atoms with Crippen LogP contribution in [0.15, 0.2) is 72.8 Å². The number of ether oxygens (including phenoxy) is 2. The van der Waals surface area contributed by atoms with Gasteiger partial charge in [0.25, 0.3) is 5.91 Å². The van der Waals surface area contributed by atoms with E-state index in [1.54, 1.807) is 55.6 Å². The topological polar surface area (TPSA) is 97.0 Å². The molecule has 0 spiro atoms. The van der Waals surface area contributed by atoms with E-state index in [0.29, 0.717) is 29.1 Å². The van der Waals surface area contributed by atoms with Gasteiger partial charge < -0.3 is 20.1 Å². The zero-order valence-corrected chi connectivity index (χ0v) is 22.1. The third-order valence-electron chi connectivity index (χ3n) is 6.34. The van der Waals surface area contributed by atoms with Crippen LogP contribution in [0.1, 0.15) is 47.0 Å². The summed E-state index contributed by atoms with van der Waals surface area (Å²) in [5.74, 6) is 0.303. The van der Waals surface area contributed by atoms with Gasteiger partial charge in [-0.1, -0.05) is 61.9 Å². The van der Waals surface area contributed by atoms with Crippen LogP contribution in [0.2, 0.25) is 0 Å². The van der Waals surface area contributed by atoms with Gasteiger partial charge in [-0.3, -0.25) is 14.5 Å². The smallest absolute Gasteiger partial charge is 0.411 e. The maximum atomic E-state index is 13.3. The fourth-order valence-electron chi connectivity index (χ4n) is 4.23. The van der Waals surface area contributed by atoms with Crippen LogP contribution >= 0.6 is 0 Å². The Morgan fingerprint density at radius 1 is 1.03 bits per heavy atom. The highest BCUT2D eigenvalue weighted by Gasteiger charge is 2.46. The van der Waals surface area contributed by atoms with Gasteiger partial charge in [-0.25, -0.2) is 4.79 Å². The molecule has 3 aromatic rings.